The maximum atomic E-state index is 12.2. The molecule has 2 rings (SSSR count). The molecule has 0 radical (unpaired) electrons. The third-order valence-electron chi connectivity index (χ3n) is 3.87. The Hall–Kier alpha value is -1.39. The predicted octanol–water partition coefficient (Wildman–Crippen LogP) is 2.33. The smallest absolute Gasteiger partial charge is 0.251 e. The van der Waals surface area contributed by atoms with E-state index in [1.54, 1.807) is 0 Å². The maximum absolute atomic E-state index is 12.2. The van der Waals surface area contributed by atoms with Crippen LogP contribution < -0.4 is 5.32 Å². The summed E-state index contributed by atoms with van der Waals surface area (Å²) >= 11 is 0. The molecule has 122 valence electrons. The summed E-state index contributed by atoms with van der Waals surface area (Å²) in [5, 5.41) is 12.6. The van der Waals surface area contributed by atoms with Crippen LogP contribution in [0.3, 0.4) is 0 Å². The SMILES string of the molecule is CC(C)COCC(O)CNC(=O)c1ccc2c(c1)CCCC2. The average molecular weight is 305 g/mol. The Balaban J connectivity index is 1.79. The second-order valence-corrected chi connectivity index (χ2v) is 6.49. The van der Waals surface area contributed by atoms with Crippen LogP contribution in [0.2, 0.25) is 0 Å². The standard InChI is InChI=1S/C18H27NO3/c1-13(2)11-22-12-17(20)10-19-18(21)16-8-7-14-5-3-4-6-15(14)9-16/h7-9,13,17,20H,3-6,10-12H2,1-2H3,(H,19,21). The summed E-state index contributed by atoms with van der Waals surface area (Å²) in [4.78, 5) is 12.2. The first kappa shape index (κ1) is 17.0. The van der Waals surface area contributed by atoms with Gasteiger partial charge in [-0.05, 0) is 54.9 Å². The summed E-state index contributed by atoms with van der Waals surface area (Å²) in [6, 6.07) is 5.93. The Morgan fingerprint density at radius 2 is 1.95 bits per heavy atom. The van der Waals surface area contributed by atoms with E-state index in [0.717, 1.165) is 12.8 Å². The quantitative estimate of drug-likeness (QED) is 0.813. The molecular weight excluding hydrogens is 278 g/mol. The molecule has 0 saturated carbocycles. The molecule has 0 heterocycles. The van der Waals surface area contributed by atoms with Gasteiger partial charge in [-0.25, -0.2) is 0 Å². The highest BCUT2D eigenvalue weighted by atomic mass is 16.5. The lowest BCUT2D eigenvalue weighted by atomic mass is 9.90. The van der Waals surface area contributed by atoms with Gasteiger partial charge in [0.1, 0.15) is 0 Å². The van der Waals surface area contributed by atoms with Gasteiger partial charge in [0, 0.05) is 18.7 Å². The van der Waals surface area contributed by atoms with E-state index in [1.807, 2.05) is 12.1 Å². The van der Waals surface area contributed by atoms with Crippen LogP contribution in [0.1, 0.15) is 48.2 Å². The van der Waals surface area contributed by atoms with Crippen LogP contribution in [0.4, 0.5) is 0 Å². The van der Waals surface area contributed by atoms with Crippen LogP contribution in [-0.4, -0.2) is 36.9 Å². The second kappa shape index (κ2) is 8.30. The van der Waals surface area contributed by atoms with E-state index >= 15 is 0 Å². The fourth-order valence-corrected chi connectivity index (χ4v) is 2.69. The van der Waals surface area contributed by atoms with Crippen molar-refractivity contribution in [2.45, 2.75) is 45.6 Å². The molecule has 1 unspecified atom stereocenters. The van der Waals surface area contributed by atoms with Gasteiger partial charge in [0.2, 0.25) is 0 Å². The molecule has 0 aromatic heterocycles. The molecule has 1 amide bonds. The van der Waals surface area contributed by atoms with Gasteiger partial charge in [0.25, 0.3) is 5.91 Å². The summed E-state index contributed by atoms with van der Waals surface area (Å²) in [5.74, 6) is 0.313. The summed E-state index contributed by atoms with van der Waals surface area (Å²) in [6.45, 7) is 5.21. The van der Waals surface area contributed by atoms with Crippen molar-refractivity contribution in [3.63, 3.8) is 0 Å². The minimum absolute atomic E-state index is 0.128. The van der Waals surface area contributed by atoms with Crippen molar-refractivity contribution in [3.8, 4) is 0 Å². The number of aryl methyl sites for hydroxylation is 2. The molecule has 0 spiro atoms. The molecule has 0 saturated heterocycles. The Morgan fingerprint density at radius 3 is 2.68 bits per heavy atom. The number of hydrogen-bond donors (Lipinski definition) is 2. The van der Waals surface area contributed by atoms with E-state index in [2.05, 4.69) is 25.2 Å². The van der Waals surface area contributed by atoms with Crippen LogP contribution in [0, 0.1) is 5.92 Å². The van der Waals surface area contributed by atoms with Crippen molar-refractivity contribution in [1.29, 1.82) is 0 Å². The zero-order valence-corrected chi connectivity index (χ0v) is 13.6. The van der Waals surface area contributed by atoms with Crippen molar-refractivity contribution < 1.29 is 14.6 Å². The molecule has 1 aromatic rings. The number of carbonyl (C=O) groups is 1. The first-order valence-corrected chi connectivity index (χ1v) is 8.22. The third-order valence-corrected chi connectivity index (χ3v) is 3.87. The van der Waals surface area contributed by atoms with E-state index in [-0.39, 0.29) is 19.1 Å². The molecule has 1 aromatic carbocycles. The average Bonchev–Trinajstić information content (AvgIpc) is 2.51. The Labute approximate surface area is 132 Å². The maximum Gasteiger partial charge on any atom is 0.251 e. The molecule has 22 heavy (non-hydrogen) atoms. The van der Waals surface area contributed by atoms with Crippen LogP contribution in [-0.2, 0) is 17.6 Å². The van der Waals surface area contributed by atoms with Crippen molar-refractivity contribution >= 4 is 5.91 Å². The lowest BCUT2D eigenvalue weighted by molar-refractivity contribution is 0.0259. The highest BCUT2D eigenvalue weighted by Crippen LogP contribution is 2.22. The summed E-state index contributed by atoms with van der Waals surface area (Å²) in [7, 11) is 0. The third kappa shape index (κ3) is 5.11. The largest absolute Gasteiger partial charge is 0.389 e. The number of aliphatic hydroxyl groups is 1. The lowest BCUT2D eigenvalue weighted by Gasteiger charge is -2.17. The van der Waals surface area contributed by atoms with E-state index in [1.165, 1.54) is 24.0 Å². The van der Waals surface area contributed by atoms with Gasteiger partial charge in [0.15, 0.2) is 0 Å². The molecule has 1 atom stereocenters. The van der Waals surface area contributed by atoms with E-state index < -0.39 is 6.10 Å². The summed E-state index contributed by atoms with van der Waals surface area (Å²) in [6.07, 6.45) is 3.94. The first-order valence-electron chi connectivity index (χ1n) is 8.22. The predicted molar refractivity (Wildman–Crippen MR) is 87.1 cm³/mol. The number of hydrogen-bond acceptors (Lipinski definition) is 3. The number of ether oxygens (including phenoxy) is 1. The minimum atomic E-state index is -0.666. The number of aliphatic hydroxyl groups excluding tert-OH is 1. The van der Waals surface area contributed by atoms with Crippen molar-refractivity contribution in [2.75, 3.05) is 19.8 Å². The number of nitrogens with one attached hydrogen (secondary N) is 1. The van der Waals surface area contributed by atoms with Crippen LogP contribution in [0.5, 0.6) is 0 Å². The molecule has 4 nitrogen and oxygen atoms in total. The van der Waals surface area contributed by atoms with E-state index in [4.69, 9.17) is 4.74 Å². The highest BCUT2D eigenvalue weighted by molar-refractivity contribution is 5.94. The molecular formula is C18H27NO3. The molecule has 0 fully saturated rings. The Bertz CT molecular complexity index is 499. The number of fused-ring (bicyclic) bond motifs is 1. The second-order valence-electron chi connectivity index (χ2n) is 6.49. The monoisotopic (exact) mass is 305 g/mol. The van der Waals surface area contributed by atoms with Gasteiger partial charge in [-0.2, -0.15) is 0 Å². The molecule has 4 heteroatoms. The highest BCUT2D eigenvalue weighted by Gasteiger charge is 2.14. The number of rotatable bonds is 7. The number of benzene rings is 1. The molecule has 1 aliphatic carbocycles. The van der Waals surface area contributed by atoms with Gasteiger partial charge >= 0.3 is 0 Å². The minimum Gasteiger partial charge on any atom is -0.389 e. The molecule has 0 bridgehead atoms. The lowest BCUT2D eigenvalue weighted by Crippen LogP contribution is -2.35. The topological polar surface area (TPSA) is 58.6 Å². The van der Waals surface area contributed by atoms with Crippen molar-refractivity contribution in [3.05, 3.63) is 34.9 Å². The van der Waals surface area contributed by atoms with Crippen LogP contribution >= 0.6 is 0 Å². The molecule has 0 aliphatic heterocycles. The van der Waals surface area contributed by atoms with Crippen molar-refractivity contribution in [2.24, 2.45) is 5.92 Å². The van der Waals surface area contributed by atoms with E-state index in [0.29, 0.717) is 18.1 Å². The number of amides is 1. The van der Waals surface area contributed by atoms with Gasteiger partial charge in [-0.3, -0.25) is 4.79 Å². The fourth-order valence-electron chi connectivity index (χ4n) is 2.69. The van der Waals surface area contributed by atoms with Gasteiger partial charge < -0.3 is 15.2 Å². The summed E-state index contributed by atoms with van der Waals surface area (Å²) < 4.78 is 5.37. The zero-order valence-electron chi connectivity index (χ0n) is 13.6. The van der Waals surface area contributed by atoms with Gasteiger partial charge in [-0.1, -0.05) is 19.9 Å². The Kier molecular flexibility index (Phi) is 6.40. The van der Waals surface area contributed by atoms with Gasteiger partial charge in [0.05, 0.1) is 12.7 Å². The number of carbonyl (C=O) groups excluding carboxylic acids is 1. The molecule has 2 N–H and O–H groups in total. The van der Waals surface area contributed by atoms with Crippen LogP contribution in [0.25, 0.3) is 0 Å². The fraction of sp³-hybridized carbons (Fsp3) is 0.611. The Morgan fingerprint density at radius 1 is 1.23 bits per heavy atom. The zero-order chi connectivity index (χ0) is 15.9. The summed E-state index contributed by atoms with van der Waals surface area (Å²) in [5.41, 5.74) is 3.33. The van der Waals surface area contributed by atoms with Gasteiger partial charge in [-0.15, -0.1) is 0 Å². The van der Waals surface area contributed by atoms with Crippen molar-refractivity contribution in [1.82, 2.24) is 5.32 Å². The first-order chi connectivity index (χ1) is 10.6. The van der Waals surface area contributed by atoms with E-state index in [9.17, 15) is 9.90 Å². The normalized spacial score (nSPS) is 15.5. The molecule has 1 aliphatic rings. The van der Waals surface area contributed by atoms with Crippen LogP contribution in [0.15, 0.2) is 18.2 Å².